The number of rotatable bonds is 8. The van der Waals surface area contributed by atoms with Gasteiger partial charge in [-0.25, -0.2) is 0 Å². The summed E-state index contributed by atoms with van der Waals surface area (Å²) in [5.41, 5.74) is 1.82. The molecule has 1 aromatic carbocycles. The van der Waals surface area contributed by atoms with Crippen LogP contribution >= 0.6 is 0 Å². The van der Waals surface area contributed by atoms with E-state index in [1.54, 1.807) is 20.1 Å². The molecule has 1 aromatic heterocycles. The zero-order valence-corrected chi connectivity index (χ0v) is 33.0. The van der Waals surface area contributed by atoms with Crippen LogP contribution in [0.4, 0.5) is 0 Å². The van der Waals surface area contributed by atoms with Gasteiger partial charge < -0.3 is 19.6 Å². The maximum Gasteiger partial charge on any atom is 0.309 e. The number of hydrogen-bond acceptors (Lipinski definition) is 5. The van der Waals surface area contributed by atoms with E-state index in [1.807, 2.05) is 12.1 Å². The first-order chi connectivity index (χ1) is 24.3. The number of furan rings is 1. The third-order valence-electron chi connectivity index (χ3n) is 16.9. The van der Waals surface area contributed by atoms with Gasteiger partial charge in [0.05, 0.1) is 23.5 Å². The molecule has 0 saturated heterocycles. The Morgan fingerprint density at radius 3 is 2.38 bits per heavy atom. The molecule has 5 saturated carbocycles. The van der Waals surface area contributed by atoms with Gasteiger partial charge in [-0.05, 0) is 155 Å². The molecule has 7 rings (SSSR count). The Hall–Kier alpha value is -3.09. The molecule has 0 aliphatic heterocycles. The number of carbonyl (C=O) groups excluding carboxylic acids is 2. The van der Waals surface area contributed by atoms with Crippen molar-refractivity contribution in [3.8, 4) is 0 Å². The summed E-state index contributed by atoms with van der Waals surface area (Å²) in [6.45, 7) is 22.8. The van der Waals surface area contributed by atoms with Gasteiger partial charge in [-0.15, -0.1) is 0 Å². The Kier molecular flexibility index (Phi) is 8.94. The molecule has 2 aromatic rings. The van der Waals surface area contributed by atoms with Crippen molar-refractivity contribution in [2.75, 3.05) is 0 Å². The molecule has 5 aliphatic carbocycles. The van der Waals surface area contributed by atoms with Gasteiger partial charge in [0.2, 0.25) is 5.91 Å². The molecule has 284 valence electrons. The largest absolute Gasteiger partial charge is 0.481 e. The molecule has 5 fully saturated rings. The summed E-state index contributed by atoms with van der Waals surface area (Å²) in [4.78, 5) is 39.4. The highest BCUT2D eigenvalue weighted by Crippen LogP contribution is 2.77. The molecule has 5 aliphatic rings. The molecule has 1 amide bonds. The van der Waals surface area contributed by atoms with Crippen molar-refractivity contribution >= 4 is 28.8 Å². The van der Waals surface area contributed by atoms with Gasteiger partial charge in [0.25, 0.3) is 0 Å². The second-order valence-corrected chi connectivity index (χ2v) is 20.0. The van der Waals surface area contributed by atoms with E-state index in [9.17, 15) is 19.5 Å². The van der Waals surface area contributed by atoms with E-state index in [-0.39, 0.29) is 45.5 Å². The van der Waals surface area contributed by atoms with Crippen molar-refractivity contribution in [2.45, 2.75) is 139 Å². The Morgan fingerprint density at radius 2 is 1.67 bits per heavy atom. The summed E-state index contributed by atoms with van der Waals surface area (Å²) in [7, 11) is 0. The average Bonchev–Trinajstić information content (AvgIpc) is 3.70. The zero-order valence-electron chi connectivity index (χ0n) is 33.0. The third-order valence-corrected chi connectivity index (χ3v) is 16.9. The van der Waals surface area contributed by atoms with Crippen LogP contribution in [0, 0.1) is 62.1 Å². The molecule has 52 heavy (non-hydrogen) atoms. The monoisotopic (exact) mass is 713 g/mol. The molecule has 2 N–H and O–H groups in total. The van der Waals surface area contributed by atoms with Crippen molar-refractivity contribution in [3.05, 3.63) is 48.2 Å². The van der Waals surface area contributed by atoms with Crippen LogP contribution in [0.5, 0.6) is 0 Å². The van der Waals surface area contributed by atoms with Crippen molar-refractivity contribution in [1.82, 2.24) is 5.32 Å². The fourth-order valence-electron chi connectivity index (χ4n) is 13.8. The number of carboxylic acids is 1. The summed E-state index contributed by atoms with van der Waals surface area (Å²) in [6, 6.07) is 8.15. The van der Waals surface area contributed by atoms with Crippen LogP contribution in [0.3, 0.4) is 0 Å². The van der Waals surface area contributed by atoms with Gasteiger partial charge in [0, 0.05) is 17.3 Å². The highest BCUT2D eigenvalue weighted by molar-refractivity contribution is 5.84. The first kappa shape index (κ1) is 37.2. The normalized spacial score (nSPS) is 39.4. The lowest BCUT2D eigenvalue weighted by molar-refractivity contribution is -0.249. The Labute approximate surface area is 311 Å². The van der Waals surface area contributed by atoms with Gasteiger partial charge in [-0.3, -0.25) is 14.4 Å². The van der Waals surface area contributed by atoms with E-state index in [1.165, 1.54) is 12.0 Å². The minimum Gasteiger partial charge on any atom is -0.481 e. The summed E-state index contributed by atoms with van der Waals surface area (Å²) < 4.78 is 11.7. The highest BCUT2D eigenvalue weighted by atomic mass is 16.5. The summed E-state index contributed by atoms with van der Waals surface area (Å²) in [5.74, 6) is 0.923. The maximum absolute atomic E-state index is 14.6. The maximum atomic E-state index is 14.6. The Balaban J connectivity index is 1.13. The molecule has 0 spiro atoms. The lowest BCUT2D eigenvalue weighted by atomic mass is 9.32. The number of fused-ring (bicyclic) bond motifs is 8. The van der Waals surface area contributed by atoms with Gasteiger partial charge in [0.15, 0.2) is 0 Å². The smallest absolute Gasteiger partial charge is 0.309 e. The van der Waals surface area contributed by atoms with Crippen LogP contribution in [0.25, 0.3) is 11.0 Å². The summed E-state index contributed by atoms with van der Waals surface area (Å²) >= 11 is 0. The number of benzene rings is 1. The number of allylic oxidation sites excluding steroid dienone is 1. The molecule has 0 bridgehead atoms. The minimum absolute atomic E-state index is 0.110. The van der Waals surface area contributed by atoms with Crippen LogP contribution in [0.1, 0.15) is 132 Å². The topological polar surface area (TPSA) is 106 Å². The third kappa shape index (κ3) is 5.43. The minimum atomic E-state index is -1.15. The number of aliphatic carboxylic acids is 1. The van der Waals surface area contributed by atoms with E-state index < -0.39 is 17.4 Å². The van der Waals surface area contributed by atoms with Crippen LogP contribution in [-0.4, -0.2) is 29.1 Å². The van der Waals surface area contributed by atoms with Gasteiger partial charge in [-0.1, -0.05) is 52.8 Å². The highest BCUT2D eigenvalue weighted by Gasteiger charge is 2.72. The molecule has 7 heteroatoms. The molecule has 0 radical (unpaired) electrons. The van der Waals surface area contributed by atoms with Gasteiger partial charge in [-0.2, -0.15) is 0 Å². The number of ether oxygens (including phenoxy) is 1. The lowest BCUT2D eigenvalue weighted by Gasteiger charge is -2.72. The van der Waals surface area contributed by atoms with E-state index in [0.717, 1.165) is 74.3 Å². The quantitative estimate of drug-likeness (QED) is 0.208. The SMILES string of the molecule is C=C(C)[C@@H]1CC[C@]2(C(=O)NCc3ccc4occc4c3)CC[C@]3(C)[C@H](CC[C@@H]4[C@@]5(C)CC[C@H](OC(=O)CC(C)(C)C(=O)O)C(C)(C)[C@@H]5CC[C@]43C)C12. The molecular formula is C45H63NO6. The van der Waals surface area contributed by atoms with E-state index >= 15 is 0 Å². The van der Waals surface area contributed by atoms with Gasteiger partial charge in [0.1, 0.15) is 11.7 Å². The van der Waals surface area contributed by atoms with Crippen molar-refractivity contribution in [2.24, 2.45) is 62.1 Å². The van der Waals surface area contributed by atoms with E-state index in [2.05, 4.69) is 65.6 Å². The number of esters is 1. The molecule has 7 nitrogen and oxygen atoms in total. The van der Waals surface area contributed by atoms with E-state index in [4.69, 9.17) is 9.15 Å². The van der Waals surface area contributed by atoms with Crippen molar-refractivity contribution in [1.29, 1.82) is 0 Å². The predicted octanol–water partition coefficient (Wildman–Crippen LogP) is 10.1. The fourth-order valence-corrected chi connectivity index (χ4v) is 13.8. The van der Waals surface area contributed by atoms with E-state index in [0.29, 0.717) is 36.1 Å². The predicted molar refractivity (Wildman–Crippen MR) is 203 cm³/mol. The van der Waals surface area contributed by atoms with Gasteiger partial charge >= 0.3 is 11.9 Å². The van der Waals surface area contributed by atoms with Crippen molar-refractivity contribution in [3.63, 3.8) is 0 Å². The first-order valence-corrected chi connectivity index (χ1v) is 20.1. The standard InChI is InChI=1S/C45H63NO6/c1-27(2)30-14-20-45(38(48)46-26-28-10-12-32-29(24-28)17-23-51-32)22-21-43(8)31(37(30)45)11-13-34-42(7)18-16-35(52-36(47)25-40(3,4)39(49)50)41(5,6)33(42)15-19-44(34,43)9/h10,12,17,23-24,30-31,33-35,37H,1,11,13-16,18-22,25-26H2,2-9H3,(H,46,48)(H,49,50)/t30-,31+,33-,34+,35-,37?,42-,43+,44+,45-/m0/s1. The van der Waals surface area contributed by atoms with Crippen LogP contribution < -0.4 is 5.32 Å². The van der Waals surface area contributed by atoms with Crippen LogP contribution in [0.2, 0.25) is 0 Å². The molecular weight excluding hydrogens is 650 g/mol. The number of carboxylic acid groups (broad SMARTS) is 1. The second kappa shape index (κ2) is 12.5. The second-order valence-electron chi connectivity index (χ2n) is 20.0. The average molecular weight is 714 g/mol. The summed E-state index contributed by atoms with van der Waals surface area (Å²) in [6.07, 6.45) is 11.7. The number of hydrogen-bond donors (Lipinski definition) is 2. The Morgan fingerprint density at radius 1 is 0.923 bits per heavy atom. The molecule has 10 atom stereocenters. The van der Waals surface area contributed by atoms with Crippen LogP contribution in [-0.2, 0) is 25.7 Å². The fraction of sp³-hybridized carbons (Fsp3) is 0.711. The number of amides is 1. The first-order valence-electron chi connectivity index (χ1n) is 20.1. The molecule has 1 heterocycles. The molecule has 1 unspecified atom stereocenters. The number of nitrogens with one attached hydrogen (secondary N) is 1. The zero-order chi connectivity index (χ0) is 37.6. The van der Waals surface area contributed by atoms with Crippen molar-refractivity contribution < 1.29 is 28.6 Å². The lowest BCUT2D eigenvalue weighted by Crippen LogP contribution is -2.67. The summed E-state index contributed by atoms with van der Waals surface area (Å²) in [5, 5.41) is 14.1. The Bertz CT molecular complexity index is 1770. The number of carbonyl (C=O) groups is 3. The van der Waals surface area contributed by atoms with Crippen LogP contribution in [0.15, 0.2) is 47.1 Å².